The van der Waals surface area contributed by atoms with Gasteiger partial charge in [-0.15, -0.1) is 11.3 Å². The van der Waals surface area contributed by atoms with Crippen molar-refractivity contribution in [1.82, 2.24) is 9.97 Å². The molecule has 16 heavy (non-hydrogen) atoms. The smallest absolute Gasteiger partial charge is 0.147 e. The number of rotatable bonds is 4. The Morgan fingerprint density at radius 1 is 1.50 bits per heavy atom. The van der Waals surface area contributed by atoms with E-state index < -0.39 is 0 Å². The Morgan fingerprint density at radius 3 is 3.31 bits per heavy atom. The summed E-state index contributed by atoms with van der Waals surface area (Å²) in [4.78, 5) is 8.59. The van der Waals surface area contributed by atoms with Crippen LogP contribution in [0.2, 0.25) is 0 Å². The fraction of sp³-hybridized carbons (Fsp3) is 0.500. The van der Waals surface area contributed by atoms with E-state index in [-0.39, 0.29) is 0 Å². The van der Waals surface area contributed by atoms with E-state index in [1.807, 2.05) is 6.07 Å². The number of aromatic nitrogens is 2. The Morgan fingerprint density at radius 2 is 2.44 bits per heavy atom. The molecule has 1 aliphatic rings. The first kappa shape index (κ1) is 10.0. The number of nitrogens with one attached hydrogen (secondary N) is 1. The van der Waals surface area contributed by atoms with E-state index in [1.54, 1.807) is 17.7 Å². The molecular formula is C12H15N3S. The van der Waals surface area contributed by atoms with Gasteiger partial charge in [0.25, 0.3) is 0 Å². The van der Waals surface area contributed by atoms with Gasteiger partial charge in [-0.3, -0.25) is 0 Å². The molecule has 3 rings (SSSR count). The van der Waals surface area contributed by atoms with E-state index in [2.05, 4.69) is 27.6 Å². The maximum absolute atomic E-state index is 4.34. The highest BCUT2D eigenvalue weighted by molar-refractivity contribution is 7.17. The van der Waals surface area contributed by atoms with E-state index in [0.717, 1.165) is 17.3 Å². The number of hydrogen-bond acceptors (Lipinski definition) is 4. The summed E-state index contributed by atoms with van der Waals surface area (Å²) < 4.78 is 1.18. The van der Waals surface area contributed by atoms with E-state index in [0.29, 0.717) is 6.04 Å². The molecule has 0 aliphatic heterocycles. The lowest BCUT2D eigenvalue weighted by Crippen LogP contribution is -2.06. The maximum atomic E-state index is 4.34. The number of thiophene rings is 1. The maximum Gasteiger partial charge on any atom is 0.147 e. The highest BCUT2D eigenvalue weighted by Gasteiger charge is 2.36. The summed E-state index contributed by atoms with van der Waals surface area (Å²) in [5.41, 5.74) is 1.05. The molecule has 4 heteroatoms. The van der Waals surface area contributed by atoms with Gasteiger partial charge in [0.2, 0.25) is 0 Å². The highest BCUT2D eigenvalue weighted by Crippen LogP contribution is 2.38. The summed E-state index contributed by atoms with van der Waals surface area (Å²) in [5.74, 6) is 1.87. The van der Waals surface area contributed by atoms with Crippen molar-refractivity contribution >= 4 is 27.4 Å². The topological polar surface area (TPSA) is 37.8 Å². The highest BCUT2D eigenvalue weighted by atomic mass is 32.1. The molecule has 2 unspecified atom stereocenters. The average molecular weight is 233 g/mol. The van der Waals surface area contributed by atoms with Crippen LogP contribution in [0.3, 0.4) is 0 Å². The zero-order valence-corrected chi connectivity index (χ0v) is 10.1. The Balaban J connectivity index is 1.77. The van der Waals surface area contributed by atoms with Crippen LogP contribution in [-0.2, 0) is 0 Å². The summed E-state index contributed by atoms with van der Waals surface area (Å²) in [7, 11) is 0. The van der Waals surface area contributed by atoms with Gasteiger partial charge in [-0.2, -0.15) is 0 Å². The first-order valence-electron chi connectivity index (χ1n) is 5.83. The molecule has 0 amide bonds. The quantitative estimate of drug-likeness (QED) is 0.880. The minimum absolute atomic E-state index is 0.639. The lowest BCUT2D eigenvalue weighted by Gasteiger charge is -2.04. The summed E-state index contributed by atoms with van der Waals surface area (Å²) in [6, 6.07) is 2.68. The van der Waals surface area contributed by atoms with Crippen LogP contribution in [0.15, 0.2) is 17.8 Å². The largest absolute Gasteiger partial charge is 0.366 e. The van der Waals surface area contributed by atoms with Crippen LogP contribution in [0.25, 0.3) is 10.2 Å². The summed E-state index contributed by atoms with van der Waals surface area (Å²) in [5, 5.41) is 5.61. The van der Waals surface area contributed by atoms with Crippen LogP contribution in [0.1, 0.15) is 26.2 Å². The lowest BCUT2D eigenvalue weighted by molar-refractivity contribution is 0.692. The molecule has 2 atom stereocenters. The molecule has 0 aromatic carbocycles. The fourth-order valence-electron chi connectivity index (χ4n) is 2.18. The average Bonchev–Trinajstić information content (AvgIpc) is 2.83. The third kappa shape index (κ3) is 1.78. The Labute approximate surface area is 98.9 Å². The third-order valence-corrected chi connectivity index (χ3v) is 4.06. The van der Waals surface area contributed by atoms with Crippen LogP contribution in [-0.4, -0.2) is 16.0 Å². The van der Waals surface area contributed by atoms with Gasteiger partial charge in [-0.1, -0.05) is 13.3 Å². The molecule has 2 aromatic heterocycles. The van der Waals surface area contributed by atoms with Gasteiger partial charge >= 0.3 is 0 Å². The van der Waals surface area contributed by atoms with Crippen LogP contribution in [0, 0.1) is 5.92 Å². The molecule has 0 radical (unpaired) electrons. The zero-order chi connectivity index (χ0) is 11.0. The molecule has 1 aliphatic carbocycles. The van der Waals surface area contributed by atoms with Crippen LogP contribution >= 0.6 is 11.3 Å². The minimum atomic E-state index is 0.639. The molecule has 1 N–H and O–H groups in total. The van der Waals surface area contributed by atoms with Crippen LogP contribution in [0.5, 0.6) is 0 Å². The van der Waals surface area contributed by atoms with Crippen molar-refractivity contribution in [2.24, 2.45) is 5.92 Å². The van der Waals surface area contributed by atoms with Crippen molar-refractivity contribution in [1.29, 1.82) is 0 Å². The number of anilines is 1. The van der Waals surface area contributed by atoms with Gasteiger partial charge in [0, 0.05) is 6.04 Å². The molecule has 0 bridgehead atoms. The molecule has 1 saturated carbocycles. The first-order chi connectivity index (χ1) is 7.88. The SMILES string of the molecule is CCCC1CC1Nc1ncnc2ccsc12. The van der Waals surface area contributed by atoms with Gasteiger partial charge in [0.15, 0.2) is 0 Å². The first-order valence-corrected chi connectivity index (χ1v) is 6.71. The molecule has 0 spiro atoms. The lowest BCUT2D eigenvalue weighted by atomic mass is 10.2. The Bertz CT molecular complexity index is 494. The molecule has 1 fully saturated rings. The number of fused-ring (bicyclic) bond motifs is 1. The predicted molar refractivity (Wildman–Crippen MR) is 67.8 cm³/mol. The molecule has 84 valence electrons. The second-order valence-electron chi connectivity index (χ2n) is 4.39. The predicted octanol–water partition coefficient (Wildman–Crippen LogP) is 3.29. The fourth-order valence-corrected chi connectivity index (χ4v) is 2.98. The monoisotopic (exact) mass is 233 g/mol. The van der Waals surface area contributed by atoms with Crippen molar-refractivity contribution in [2.45, 2.75) is 32.2 Å². The van der Waals surface area contributed by atoms with Crippen molar-refractivity contribution in [2.75, 3.05) is 5.32 Å². The molecular weight excluding hydrogens is 218 g/mol. The second kappa shape index (κ2) is 4.01. The third-order valence-electron chi connectivity index (χ3n) is 3.15. The standard InChI is InChI=1S/C12H15N3S/c1-2-3-8-6-10(8)15-12-11-9(4-5-16-11)13-7-14-12/h4-5,7-8,10H,2-3,6H2,1H3,(H,13,14,15). The van der Waals surface area contributed by atoms with Gasteiger partial charge in [0.05, 0.1) is 10.2 Å². The zero-order valence-electron chi connectivity index (χ0n) is 9.31. The van der Waals surface area contributed by atoms with E-state index >= 15 is 0 Å². The molecule has 2 aromatic rings. The van der Waals surface area contributed by atoms with Crippen molar-refractivity contribution in [3.63, 3.8) is 0 Å². The van der Waals surface area contributed by atoms with E-state index in [4.69, 9.17) is 0 Å². The van der Waals surface area contributed by atoms with Crippen molar-refractivity contribution in [3.05, 3.63) is 17.8 Å². The summed E-state index contributed by atoms with van der Waals surface area (Å²) in [6.45, 7) is 2.25. The van der Waals surface area contributed by atoms with Crippen LogP contribution in [0.4, 0.5) is 5.82 Å². The van der Waals surface area contributed by atoms with Gasteiger partial charge in [-0.25, -0.2) is 9.97 Å². The number of nitrogens with zero attached hydrogens (tertiary/aromatic N) is 2. The summed E-state index contributed by atoms with van der Waals surface area (Å²) >= 11 is 1.71. The van der Waals surface area contributed by atoms with Crippen molar-refractivity contribution < 1.29 is 0 Å². The van der Waals surface area contributed by atoms with Crippen LogP contribution < -0.4 is 5.32 Å². The molecule has 0 saturated heterocycles. The number of hydrogen-bond donors (Lipinski definition) is 1. The van der Waals surface area contributed by atoms with E-state index in [1.165, 1.54) is 24.0 Å². The molecule has 3 nitrogen and oxygen atoms in total. The minimum Gasteiger partial charge on any atom is -0.366 e. The van der Waals surface area contributed by atoms with Gasteiger partial charge in [0.1, 0.15) is 12.1 Å². The molecule has 2 heterocycles. The normalized spacial score (nSPS) is 23.6. The second-order valence-corrected chi connectivity index (χ2v) is 5.31. The van der Waals surface area contributed by atoms with E-state index in [9.17, 15) is 0 Å². The van der Waals surface area contributed by atoms with Crippen molar-refractivity contribution in [3.8, 4) is 0 Å². The van der Waals surface area contributed by atoms with Gasteiger partial charge in [-0.05, 0) is 30.2 Å². The Hall–Kier alpha value is -1.16. The Kier molecular flexibility index (Phi) is 2.52. The van der Waals surface area contributed by atoms with Gasteiger partial charge < -0.3 is 5.32 Å². The summed E-state index contributed by atoms with van der Waals surface area (Å²) in [6.07, 6.45) is 5.55.